The highest BCUT2D eigenvalue weighted by Crippen LogP contribution is 2.19. The predicted molar refractivity (Wildman–Crippen MR) is 94.3 cm³/mol. The number of rotatable bonds is 15. The van der Waals surface area contributed by atoms with E-state index in [1.165, 1.54) is 89.9 Å². The Morgan fingerprint density at radius 2 is 0.950 bits per heavy atom. The quantitative estimate of drug-likeness (QED) is 0.269. The van der Waals surface area contributed by atoms with Crippen LogP contribution in [0.3, 0.4) is 0 Å². The van der Waals surface area contributed by atoms with Crippen molar-refractivity contribution >= 4 is 0 Å². The van der Waals surface area contributed by atoms with Crippen LogP contribution in [0.2, 0.25) is 0 Å². The van der Waals surface area contributed by atoms with E-state index in [1.54, 1.807) is 0 Å². The predicted octanol–water partition coefficient (Wildman–Crippen LogP) is 7.76. The molecule has 0 saturated heterocycles. The Kier molecular flexibility index (Phi) is 15.4. The molecule has 0 radical (unpaired) electrons. The molecule has 0 aromatic heterocycles. The molecule has 0 saturated carbocycles. The molecule has 0 rings (SSSR count). The third-order valence-corrected chi connectivity index (χ3v) is 4.53. The zero-order valence-corrected chi connectivity index (χ0v) is 15.1. The molecule has 0 bridgehead atoms. The van der Waals surface area contributed by atoms with Crippen molar-refractivity contribution in [2.24, 2.45) is 11.8 Å². The number of hydrogen-bond acceptors (Lipinski definition) is 0. The largest absolute Gasteiger partial charge is 0.0654 e. The minimum absolute atomic E-state index is 0.888. The lowest BCUT2D eigenvalue weighted by Gasteiger charge is -2.12. The summed E-state index contributed by atoms with van der Waals surface area (Å²) < 4.78 is 0. The van der Waals surface area contributed by atoms with Crippen molar-refractivity contribution in [1.29, 1.82) is 0 Å². The molecular weight excluding hydrogens is 240 g/mol. The molecule has 0 fully saturated rings. The first-order chi connectivity index (χ1) is 9.66. The van der Waals surface area contributed by atoms with Gasteiger partial charge in [0.1, 0.15) is 0 Å². The van der Waals surface area contributed by atoms with Gasteiger partial charge in [-0.25, -0.2) is 0 Å². The highest BCUT2D eigenvalue weighted by atomic mass is 14.1. The van der Waals surface area contributed by atoms with Gasteiger partial charge in [-0.05, 0) is 11.8 Å². The van der Waals surface area contributed by atoms with Crippen LogP contribution in [0.25, 0.3) is 0 Å². The van der Waals surface area contributed by atoms with Gasteiger partial charge in [-0.15, -0.1) is 0 Å². The third-order valence-electron chi connectivity index (χ3n) is 4.53. The van der Waals surface area contributed by atoms with Gasteiger partial charge in [-0.3, -0.25) is 0 Å². The Balaban J connectivity index is 3.11. The second-order valence-corrected chi connectivity index (χ2v) is 7.40. The molecule has 0 aliphatic rings. The third kappa shape index (κ3) is 16.1. The fourth-order valence-electron chi connectivity index (χ4n) is 3.00. The van der Waals surface area contributed by atoms with Crippen molar-refractivity contribution in [1.82, 2.24) is 0 Å². The molecule has 0 heterocycles. The molecular formula is C20H42. The first-order valence-electron chi connectivity index (χ1n) is 9.66. The van der Waals surface area contributed by atoms with Crippen LogP contribution >= 0.6 is 0 Å². The molecule has 1 atom stereocenters. The van der Waals surface area contributed by atoms with Crippen LogP contribution in [0.5, 0.6) is 0 Å². The Labute approximate surface area is 130 Å². The summed E-state index contributed by atoms with van der Waals surface area (Å²) in [6.45, 7) is 9.43. The van der Waals surface area contributed by atoms with Crippen LogP contribution in [0.4, 0.5) is 0 Å². The summed E-state index contributed by atoms with van der Waals surface area (Å²) in [5.74, 6) is 1.85. The average molecular weight is 283 g/mol. The minimum Gasteiger partial charge on any atom is -0.0654 e. The lowest BCUT2D eigenvalue weighted by Crippen LogP contribution is -1.96. The van der Waals surface area contributed by atoms with Gasteiger partial charge in [0, 0.05) is 0 Å². The molecule has 0 nitrogen and oxygen atoms in total. The molecule has 122 valence electrons. The van der Waals surface area contributed by atoms with E-state index in [-0.39, 0.29) is 0 Å². The van der Waals surface area contributed by atoms with Crippen molar-refractivity contribution in [2.45, 2.75) is 118 Å². The summed E-state index contributed by atoms with van der Waals surface area (Å²) in [5, 5.41) is 0. The number of unbranched alkanes of at least 4 members (excludes halogenated alkanes) is 9. The molecule has 0 amide bonds. The molecule has 0 aliphatic heterocycles. The van der Waals surface area contributed by atoms with E-state index < -0.39 is 0 Å². The average Bonchev–Trinajstić information content (AvgIpc) is 2.40. The molecule has 0 N–H and O–H groups in total. The van der Waals surface area contributed by atoms with Crippen LogP contribution in [0.1, 0.15) is 118 Å². The first-order valence-corrected chi connectivity index (χ1v) is 9.66. The second-order valence-electron chi connectivity index (χ2n) is 7.40. The van der Waals surface area contributed by atoms with Gasteiger partial charge in [0.2, 0.25) is 0 Å². The van der Waals surface area contributed by atoms with Gasteiger partial charge >= 0.3 is 0 Å². The van der Waals surface area contributed by atoms with E-state index in [2.05, 4.69) is 27.7 Å². The van der Waals surface area contributed by atoms with Crippen molar-refractivity contribution in [3.8, 4) is 0 Å². The summed E-state index contributed by atoms with van der Waals surface area (Å²) in [5.41, 5.74) is 0. The standard InChI is InChI=1S/C20H42/c1-5-6-7-8-9-10-11-12-13-14-17-20(4)18-15-16-19(2)3/h19-20H,5-18H2,1-4H3. The molecule has 20 heavy (non-hydrogen) atoms. The maximum Gasteiger partial charge on any atom is -0.0443 e. The SMILES string of the molecule is CCCCCCCCCCCCC(C)CCCC(C)C. The first kappa shape index (κ1) is 20.0. The zero-order chi connectivity index (χ0) is 15.1. The van der Waals surface area contributed by atoms with Crippen molar-refractivity contribution in [2.75, 3.05) is 0 Å². The monoisotopic (exact) mass is 282 g/mol. The van der Waals surface area contributed by atoms with E-state index in [1.807, 2.05) is 0 Å². The molecule has 0 spiro atoms. The van der Waals surface area contributed by atoms with Crippen LogP contribution in [-0.4, -0.2) is 0 Å². The van der Waals surface area contributed by atoms with Gasteiger partial charge in [0.05, 0.1) is 0 Å². The van der Waals surface area contributed by atoms with Gasteiger partial charge in [-0.1, -0.05) is 118 Å². The van der Waals surface area contributed by atoms with Gasteiger partial charge < -0.3 is 0 Å². The highest BCUT2D eigenvalue weighted by Gasteiger charge is 2.03. The van der Waals surface area contributed by atoms with Crippen LogP contribution in [0, 0.1) is 11.8 Å². The van der Waals surface area contributed by atoms with E-state index in [0.29, 0.717) is 0 Å². The van der Waals surface area contributed by atoms with Crippen molar-refractivity contribution in [3.63, 3.8) is 0 Å². The topological polar surface area (TPSA) is 0 Å². The summed E-state index contributed by atoms with van der Waals surface area (Å²) in [6, 6.07) is 0. The summed E-state index contributed by atoms with van der Waals surface area (Å²) in [7, 11) is 0. The molecule has 0 aromatic carbocycles. The molecule has 0 aromatic rings. The maximum atomic E-state index is 2.45. The van der Waals surface area contributed by atoms with E-state index >= 15 is 0 Å². The van der Waals surface area contributed by atoms with Crippen LogP contribution in [-0.2, 0) is 0 Å². The highest BCUT2D eigenvalue weighted by molar-refractivity contribution is 4.56. The Bertz CT molecular complexity index is 171. The lowest BCUT2D eigenvalue weighted by atomic mass is 9.95. The normalized spacial score (nSPS) is 13.1. The number of hydrogen-bond donors (Lipinski definition) is 0. The van der Waals surface area contributed by atoms with Crippen molar-refractivity contribution < 1.29 is 0 Å². The Hall–Kier alpha value is 0. The molecule has 0 heteroatoms. The van der Waals surface area contributed by atoms with E-state index in [9.17, 15) is 0 Å². The van der Waals surface area contributed by atoms with Crippen LogP contribution < -0.4 is 0 Å². The van der Waals surface area contributed by atoms with Crippen molar-refractivity contribution in [3.05, 3.63) is 0 Å². The lowest BCUT2D eigenvalue weighted by molar-refractivity contribution is 0.417. The Morgan fingerprint density at radius 1 is 0.500 bits per heavy atom. The summed E-state index contributed by atoms with van der Waals surface area (Å²) >= 11 is 0. The second kappa shape index (κ2) is 15.4. The fraction of sp³-hybridized carbons (Fsp3) is 1.00. The summed E-state index contributed by atoms with van der Waals surface area (Å²) in [4.78, 5) is 0. The van der Waals surface area contributed by atoms with E-state index in [4.69, 9.17) is 0 Å². The minimum atomic E-state index is 0.888. The fourth-order valence-corrected chi connectivity index (χ4v) is 3.00. The molecule has 0 aliphatic carbocycles. The summed E-state index contributed by atoms with van der Waals surface area (Å²) in [6.07, 6.45) is 20.4. The van der Waals surface area contributed by atoms with Crippen LogP contribution in [0.15, 0.2) is 0 Å². The van der Waals surface area contributed by atoms with E-state index in [0.717, 1.165) is 11.8 Å². The zero-order valence-electron chi connectivity index (χ0n) is 15.1. The van der Waals surface area contributed by atoms with Gasteiger partial charge in [0.15, 0.2) is 0 Å². The van der Waals surface area contributed by atoms with Gasteiger partial charge in [0.25, 0.3) is 0 Å². The maximum absolute atomic E-state index is 2.45. The smallest absolute Gasteiger partial charge is 0.0443 e. The van der Waals surface area contributed by atoms with Gasteiger partial charge in [-0.2, -0.15) is 0 Å². The molecule has 1 unspecified atom stereocenters. The Morgan fingerprint density at radius 3 is 1.45 bits per heavy atom.